The molecule has 0 atom stereocenters. The van der Waals surface area contributed by atoms with Gasteiger partial charge in [-0.15, -0.1) is 4.73 Å². The number of nitrogens with zero attached hydrogens (tertiary/aromatic N) is 2. The number of aryl methyl sites for hydroxylation is 2. The molecular formula is C13H14N2O2. The maximum atomic E-state index is 11.6. The van der Waals surface area contributed by atoms with Crippen LogP contribution in [0, 0.1) is 13.8 Å². The van der Waals surface area contributed by atoms with Crippen molar-refractivity contribution >= 4 is 0 Å². The Kier molecular flexibility index (Phi) is 3.23. The van der Waals surface area contributed by atoms with Crippen molar-refractivity contribution in [2.24, 2.45) is 0 Å². The molecular weight excluding hydrogens is 216 g/mol. The van der Waals surface area contributed by atoms with Gasteiger partial charge in [0.05, 0.1) is 5.69 Å². The van der Waals surface area contributed by atoms with Crippen LogP contribution in [-0.2, 0) is 6.61 Å². The Morgan fingerprint density at radius 3 is 2.59 bits per heavy atom. The predicted molar refractivity (Wildman–Crippen MR) is 64.7 cm³/mol. The molecule has 17 heavy (non-hydrogen) atoms. The van der Waals surface area contributed by atoms with Crippen LogP contribution in [0.3, 0.4) is 0 Å². The molecule has 0 saturated carbocycles. The molecule has 88 valence electrons. The summed E-state index contributed by atoms with van der Waals surface area (Å²) in [5, 5.41) is 0. The fourth-order valence-electron chi connectivity index (χ4n) is 1.61. The van der Waals surface area contributed by atoms with Crippen LogP contribution in [0.4, 0.5) is 0 Å². The first-order chi connectivity index (χ1) is 8.16. The Balaban J connectivity index is 2.18. The molecule has 0 N–H and O–H groups in total. The van der Waals surface area contributed by atoms with Gasteiger partial charge in [0.2, 0.25) is 0 Å². The van der Waals surface area contributed by atoms with Crippen LogP contribution in [0.1, 0.15) is 17.0 Å². The lowest BCUT2D eigenvalue weighted by Gasteiger charge is -2.10. The number of hydrogen-bond acceptors (Lipinski definition) is 3. The molecule has 2 rings (SSSR count). The summed E-state index contributed by atoms with van der Waals surface area (Å²) in [5.74, 6) is 0. The van der Waals surface area contributed by atoms with E-state index in [9.17, 15) is 4.79 Å². The van der Waals surface area contributed by atoms with Crippen molar-refractivity contribution in [2.45, 2.75) is 20.5 Å². The molecule has 1 aromatic carbocycles. The van der Waals surface area contributed by atoms with Crippen LogP contribution in [0.25, 0.3) is 0 Å². The van der Waals surface area contributed by atoms with Crippen molar-refractivity contribution in [1.82, 2.24) is 9.71 Å². The molecule has 4 heteroatoms. The standard InChI is InChI=1S/C13H14N2O2/c1-10-8-11(2)15(13(16)14-10)17-9-12-6-4-3-5-7-12/h3-8H,9H2,1-2H3. The van der Waals surface area contributed by atoms with Gasteiger partial charge in [-0.2, -0.15) is 4.98 Å². The van der Waals surface area contributed by atoms with E-state index in [-0.39, 0.29) is 5.69 Å². The molecule has 0 aliphatic heterocycles. The molecule has 1 aromatic heterocycles. The third kappa shape index (κ3) is 2.72. The van der Waals surface area contributed by atoms with E-state index >= 15 is 0 Å². The Labute approximate surface area is 99.5 Å². The number of benzene rings is 1. The van der Waals surface area contributed by atoms with Crippen LogP contribution in [0.2, 0.25) is 0 Å². The molecule has 0 spiro atoms. The van der Waals surface area contributed by atoms with Crippen molar-refractivity contribution in [2.75, 3.05) is 0 Å². The summed E-state index contributed by atoms with van der Waals surface area (Å²) in [7, 11) is 0. The van der Waals surface area contributed by atoms with Crippen molar-refractivity contribution in [3.63, 3.8) is 0 Å². The van der Waals surface area contributed by atoms with Gasteiger partial charge >= 0.3 is 5.69 Å². The first-order valence-electron chi connectivity index (χ1n) is 5.41. The Morgan fingerprint density at radius 2 is 1.94 bits per heavy atom. The van der Waals surface area contributed by atoms with Crippen LogP contribution in [-0.4, -0.2) is 9.71 Å². The van der Waals surface area contributed by atoms with Crippen molar-refractivity contribution in [3.05, 3.63) is 63.8 Å². The monoisotopic (exact) mass is 230 g/mol. The summed E-state index contributed by atoms with van der Waals surface area (Å²) in [6.45, 7) is 3.96. The second kappa shape index (κ2) is 4.82. The quantitative estimate of drug-likeness (QED) is 0.802. The van der Waals surface area contributed by atoms with Gasteiger partial charge in [0.25, 0.3) is 0 Å². The third-order valence-electron chi connectivity index (χ3n) is 2.39. The van der Waals surface area contributed by atoms with Gasteiger partial charge in [-0.1, -0.05) is 30.3 Å². The molecule has 0 fully saturated rings. The van der Waals surface area contributed by atoms with E-state index in [2.05, 4.69) is 4.98 Å². The van der Waals surface area contributed by atoms with Crippen molar-refractivity contribution in [1.29, 1.82) is 0 Å². The van der Waals surface area contributed by atoms with Gasteiger partial charge in [0.15, 0.2) is 0 Å². The Hall–Kier alpha value is -2.10. The Morgan fingerprint density at radius 1 is 1.24 bits per heavy atom. The zero-order chi connectivity index (χ0) is 12.3. The molecule has 1 heterocycles. The lowest BCUT2D eigenvalue weighted by Crippen LogP contribution is -2.31. The van der Waals surface area contributed by atoms with E-state index in [1.54, 1.807) is 6.92 Å². The lowest BCUT2D eigenvalue weighted by atomic mass is 10.2. The minimum absolute atomic E-state index is 0.353. The van der Waals surface area contributed by atoms with Gasteiger partial charge in [0, 0.05) is 5.69 Å². The molecule has 0 saturated heterocycles. The second-order valence-corrected chi connectivity index (χ2v) is 3.87. The maximum Gasteiger partial charge on any atom is 0.380 e. The molecule has 2 aromatic rings. The minimum atomic E-state index is -0.376. The zero-order valence-corrected chi connectivity index (χ0v) is 9.88. The molecule has 0 radical (unpaired) electrons. The molecule has 0 aliphatic rings. The summed E-state index contributed by atoms with van der Waals surface area (Å²) in [6.07, 6.45) is 0. The van der Waals surface area contributed by atoms with Crippen molar-refractivity contribution < 1.29 is 4.84 Å². The highest BCUT2D eigenvalue weighted by Crippen LogP contribution is 2.00. The highest BCUT2D eigenvalue weighted by molar-refractivity contribution is 5.13. The average Bonchev–Trinajstić information content (AvgIpc) is 2.29. The molecule has 0 aliphatic carbocycles. The minimum Gasteiger partial charge on any atom is -0.404 e. The topological polar surface area (TPSA) is 44.1 Å². The van der Waals surface area contributed by atoms with E-state index in [1.165, 1.54) is 4.73 Å². The lowest BCUT2D eigenvalue weighted by molar-refractivity contribution is 0.0811. The summed E-state index contributed by atoms with van der Waals surface area (Å²) in [4.78, 5) is 20.9. The smallest absolute Gasteiger partial charge is 0.380 e. The van der Waals surface area contributed by atoms with E-state index in [0.717, 1.165) is 11.3 Å². The van der Waals surface area contributed by atoms with Crippen LogP contribution < -0.4 is 10.5 Å². The molecule has 0 amide bonds. The number of aromatic nitrogens is 2. The highest BCUT2D eigenvalue weighted by Gasteiger charge is 2.03. The normalized spacial score (nSPS) is 10.2. The maximum absolute atomic E-state index is 11.6. The fraction of sp³-hybridized carbons (Fsp3) is 0.231. The number of hydrogen-bond donors (Lipinski definition) is 0. The second-order valence-electron chi connectivity index (χ2n) is 3.87. The fourth-order valence-corrected chi connectivity index (χ4v) is 1.61. The summed E-state index contributed by atoms with van der Waals surface area (Å²) < 4.78 is 1.22. The van der Waals surface area contributed by atoms with Gasteiger partial charge in [-0.25, -0.2) is 4.79 Å². The van der Waals surface area contributed by atoms with E-state index < -0.39 is 0 Å². The summed E-state index contributed by atoms with van der Waals surface area (Å²) in [6, 6.07) is 11.5. The molecule has 0 unspecified atom stereocenters. The molecule has 0 bridgehead atoms. The highest BCUT2D eigenvalue weighted by atomic mass is 16.7. The summed E-state index contributed by atoms with van der Waals surface area (Å²) in [5.41, 5.74) is 2.09. The average molecular weight is 230 g/mol. The van der Waals surface area contributed by atoms with E-state index in [1.807, 2.05) is 43.3 Å². The third-order valence-corrected chi connectivity index (χ3v) is 2.39. The first kappa shape index (κ1) is 11.4. The predicted octanol–water partition coefficient (Wildman–Crippen LogP) is 1.49. The van der Waals surface area contributed by atoms with Crippen molar-refractivity contribution in [3.8, 4) is 0 Å². The summed E-state index contributed by atoms with van der Waals surface area (Å²) >= 11 is 0. The van der Waals surface area contributed by atoms with Crippen LogP contribution >= 0.6 is 0 Å². The first-order valence-corrected chi connectivity index (χ1v) is 5.41. The van der Waals surface area contributed by atoms with Gasteiger partial charge in [-0.3, -0.25) is 0 Å². The van der Waals surface area contributed by atoms with Gasteiger partial charge in [0.1, 0.15) is 6.61 Å². The Bertz CT molecular complexity index is 561. The molecule has 4 nitrogen and oxygen atoms in total. The largest absolute Gasteiger partial charge is 0.404 e. The number of rotatable bonds is 3. The zero-order valence-electron chi connectivity index (χ0n) is 9.88. The van der Waals surface area contributed by atoms with E-state index in [0.29, 0.717) is 12.3 Å². The van der Waals surface area contributed by atoms with E-state index in [4.69, 9.17) is 4.84 Å². The van der Waals surface area contributed by atoms with Crippen LogP contribution in [0.15, 0.2) is 41.2 Å². The van der Waals surface area contributed by atoms with Gasteiger partial charge in [-0.05, 0) is 25.5 Å². The SMILES string of the molecule is Cc1cc(C)n(OCc2ccccc2)c(=O)n1. The van der Waals surface area contributed by atoms with Crippen LogP contribution in [0.5, 0.6) is 0 Å². The van der Waals surface area contributed by atoms with Gasteiger partial charge < -0.3 is 4.84 Å².